The van der Waals surface area contributed by atoms with Crippen molar-refractivity contribution in [2.75, 3.05) is 20.1 Å². The minimum absolute atomic E-state index is 0. The molecule has 2 atom stereocenters. The molecule has 2 aromatic carbocycles. The van der Waals surface area contributed by atoms with Gasteiger partial charge in [0, 0.05) is 37.1 Å². The second-order valence-corrected chi connectivity index (χ2v) is 15.5. The summed E-state index contributed by atoms with van der Waals surface area (Å²) in [7, 11) is 2.17. The molecule has 6 N–H and O–H groups in total. The molecule has 1 aliphatic carbocycles. The lowest BCUT2D eigenvalue weighted by Crippen LogP contribution is -2.38. The number of carboxylic acids is 1. The summed E-state index contributed by atoms with van der Waals surface area (Å²) in [5, 5.41) is 58.9. The number of pyridine rings is 1. The Labute approximate surface area is 312 Å². The quantitative estimate of drug-likeness (QED) is 0.0838. The number of nitrogens with zero attached hydrogens (tertiary/aromatic N) is 4. The molecule has 53 heavy (non-hydrogen) atoms. The third kappa shape index (κ3) is 7.77. The van der Waals surface area contributed by atoms with E-state index in [1.165, 1.54) is 34.8 Å². The normalized spacial score (nSPS) is 17.9. The maximum absolute atomic E-state index is 12.3. The monoisotopic (exact) mass is 762 g/mol. The van der Waals surface area contributed by atoms with Gasteiger partial charge in [0.25, 0.3) is 0 Å². The van der Waals surface area contributed by atoms with Gasteiger partial charge in [0.1, 0.15) is 11.3 Å². The highest BCUT2D eigenvalue weighted by molar-refractivity contribution is 7.12. The van der Waals surface area contributed by atoms with Crippen LogP contribution in [0.5, 0.6) is 5.75 Å². The number of nitrogens with one attached hydrogen (secondary N) is 2. The zero-order valence-electron chi connectivity index (χ0n) is 29.1. The van der Waals surface area contributed by atoms with Crippen molar-refractivity contribution in [1.29, 1.82) is 0 Å². The number of rotatable bonds is 14. The average molecular weight is 763 g/mol. The number of fused-ring (bicyclic) bond motifs is 2. The minimum Gasteiger partial charge on any atom is -0.506 e. The molecular weight excluding hydrogens is 720 g/mol. The maximum Gasteiger partial charge on any atom is 0.347 e. The molecule has 0 amide bonds. The topological polar surface area (TPSA) is 177 Å². The van der Waals surface area contributed by atoms with Crippen molar-refractivity contribution in [3.8, 4) is 5.75 Å². The lowest BCUT2D eigenvalue weighted by molar-refractivity contribution is -0.154. The average Bonchev–Trinajstić information content (AvgIpc) is 3.94. The van der Waals surface area contributed by atoms with Gasteiger partial charge in [-0.2, -0.15) is 0 Å². The van der Waals surface area contributed by atoms with Crippen molar-refractivity contribution in [1.82, 2.24) is 30.2 Å². The fraction of sp³-hybridized carbons (Fsp3) is 0.368. The SMILES string of the molecule is CN(CCCn1nnc2cc(CNC[C@H](O)c3ccc(O)c4[nH]c(=O)ccc34)ccc21)C1CCC(c2ccsc2C(O)(C(=O)O)c2cccs2)CC1.F. The van der Waals surface area contributed by atoms with Gasteiger partial charge < -0.3 is 35.6 Å². The first-order valence-corrected chi connectivity index (χ1v) is 19.2. The van der Waals surface area contributed by atoms with Crippen molar-refractivity contribution < 1.29 is 29.9 Å². The zero-order chi connectivity index (χ0) is 36.4. The lowest BCUT2D eigenvalue weighted by Gasteiger charge is -2.35. The fourth-order valence-electron chi connectivity index (χ4n) is 7.52. The molecule has 6 aromatic rings. The van der Waals surface area contributed by atoms with Crippen LogP contribution in [0.3, 0.4) is 0 Å². The zero-order valence-corrected chi connectivity index (χ0v) is 30.8. The molecule has 0 aliphatic heterocycles. The van der Waals surface area contributed by atoms with Crippen molar-refractivity contribution in [2.24, 2.45) is 0 Å². The van der Waals surface area contributed by atoms with Gasteiger partial charge in [0.2, 0.25) is 11.2 Å². The molecule has 1 unspecified atom stereocenters. The summed E-state index contributed by atoms with van der Waals surface area (Å²) in [6.07, 6.45) is 3.97. The molecule has 15 heteroatoms. The van der Waals surface area contributed by atoms with Gasteiger partial charge in [-0.3, -0.25) is 9.50 Å². The van der Waals surface area contributed by atoms with E-state index in [1.54, 1.807) is 29.6 Å². The number of hydrogen-bond acceptors (Lipinski definition) is 11. The molecule has 0 bridgehead atoms. The molecule has 0 spiro atoms. The number of aliphatic hydroxyl groups excluding tert-OH is 1. The van der Waals surface area contributed by atoms with Crippen molar-refractivity contribution in [3.63, 3.8) is 0 Å². The molecule has 0 radical (unpaired) electrons. The van der Waals surface area contributed by atoms with E-state index < -0.39 is 17.7 Å². The molecule has 4 heterocycles. The third-order valence-electron chi connectivity index (χ3n) is 10.4. The van der Waals surface area contributed by atoms with Gasteiger partial charge in [0.15, 0.2) is 0 Å². The first kappa shape index (κ1) is 38.2. The van der Waals surface area contributed by atoms with Crippen LogP contribution in [0.25, 0.3) is 21.9 Å². The molecule has 1 fully saturated rings. The van der Waals surface area contributed by atoms with Crippen LogP contribution in [0.2, 0.25) is 0 Å². The number of aliphatic carboxylic acids is 1. The Kier molecular flexibility index (Phi) is 11.7. The number of hydrogen-bond donors (Lipinski definition) is 6. The number of H-pyrrole nitrogens is 1. The van der Waals surface area contributed by atoms with E-state index in [-0.39, 0.29) is 28.5 Å². The highest BCUT2D eigenvalue weighted by atomic mass is 32.1. The van der Waals surface area contributed by atoms with E-state index in [0.717, 1.165) is 67.4 Å². The summed E-state index contributed by atoms with van der Waals surface area (Å²) in [6, 6.07) is 18.1. The Bertz CT molecular complexity index is 2230. The Morgan fingerprint density at radius 3 is 2.66 bits per heavy atom. The van der Waals surface area contributed by atoms with E-state index in [1.807, 2.05) is 34.3 Å². The number of aliphatic hydroxyl groups is 2. The number of aromatic amines is 1. The van der Waals surface area contributed by atoms with E-state index in [4.69, 9.17) is 0 Å². The summed E-state index contributed by atoms with van der Waals surface area (Å²) < 4.78 is 1.94. The lowest BCUT2D eigenvalue weighted by atomic mass is 9.79. The summed E-state index contributed by atoms with van der Waals surface area (Å²) >= 11 is 2.59. The van der Waals surface area contributed by atoms with Crippen LogP contribution in [0.15, 0.2) is 76.2 Å². The van der Waals surface area contributed by atoms with Crippen LogP contribution in [-0.2, 0) is 23.5 Å². The molecule has 12 nitrogen and oxygen atoms in total. The predicted molar refractivity (Wildman–Crippen MR) is 204 cm³/mol. The van der Waals surface area contributed by atoms with Gasteiger partial charge in [0.05, 0.1) is 26.9 Å². The van der Waals surface area contributed by atoms with Crippen LogP contribution >= 0.6 is 22.7 Å². The molecule has 280 valence electrons. The summed E-state index contributed by atoms with van der Waals surface area (Å²) in [5.74, 6) is -1.06. The molecule has 0 saturated heterocycles. The van der Waals surface area contributed by atoms with E-state index >= 15 is 0 Å². The van der Waals surface area contributed by atoms with Crippen molar-refractivity contribution in [3.05, 3.63) is 108 Å². The molecular formula is C38H43FN6O6S2. The highest BCUT2D eigenvalue weighted by Gasteiger charge is 2.45. The van der Waals surface area contributed by atoms with E-state index in [2.05, 4.69) is 32.6 Å². The number of benzene rings is 2. The van der Waals surface area contributed by atoms with Crippen LogP contribution in [0, 0.1) is 0 Å². The number of phenols is 1. The fourth-order valence-corrected chi connectivity index (χ4v) is 9.49. The Hall–Kier alpha value is -4.51. The number of carboxylic acid groups (broad SMARTS) is 1. The smallest absolute Gasteiger partial charge is 0.347 e. The molecule has 4 aromatic heterocycles. The Morgan fingerprint density at radius 2 is 1.91 bits per heavy atom. The maximum atomic E-state index is 12.3. The largest absolute Gasteiger partial charge is 0.506 e. The standard InChI is InChI=1S/C38H42N6O6S2.FH/c1-43(25-8-6-24(7-9-25)26-15-19-52-36(26)38(50,37(48)49)33-4-2-18-51-33)16-3-17-44-30-12-5-23(20-29(30)41-42-44)21-39-22-32(46)27-10-13-31(45)35-28(27)11-14-34(47)40-35;/h2,4-5,10-15,18-20,24-25,32,39,45-46,50H,3,6-9,16-17,21-22H2,1H3,(H,40,47)(H,48,49);1H/t24?,25?,32-,38?;/m0./s1. The molecule has 1 aliphatic rings. The number of halogens is 1. The van der Waals surface area contributed by atoms with Crippen LogP contribution < -0.4 is 10.9 Å². The number of thiophene rings is 2. The van der Waals surface area contributed by atoms with Gasteiger partial charge in [-0.25, -0.2) is 9.48 Å². The molecule has 7 rings (SSSR count). The van der Waals surface area contributed by atoms with E-state index in [9.17, 15) is 30.0 Å². The Balaban J connectivity index is 0.00000481. The van der Waals surface area contributed by atoms with Crippen LogP contribution in [-0.4, -0.2) is 77.5 Å². The van der Waals surface area contributed by atoms with Crippen LogP contribution in [0.4, 0.5) is 4.70 Å². The van der Waals surface area contributed by atoms with Crippen LogP contribution in [0.1, 0.15) is 70.6 Å². The van der Waals surface area contributed by atoms with Gasteiger partial charge >= 0.3 is 5.97 Å². The summed E-state index contributed by atoms with van der Waals surface area (Å²) in [5.41, 5.74) is 2.32. The second kappa shape index (κ2) is 16.2. The first-order chi connectivity index (χ1) is 25.1. The highest BCUT2D eigenvalue weighted by Crippen LogP contribution is 2.44. The van der Waals surface area contributed by atoms with Gasteiger partial charge in [-0.15, -0.1) is 27.8 Å². The number of aromatic nitrogens is 4. The predicted octanol–water partition coefficient (Wildman–Crippen LogP) is 5.45. The van der Waals surface area contributed by atoms with Crippen molar-refractivity contribution in [2.45, 2.75) is 68.9 Å². The van der Waals surface area contributed by atoms with Gasteiger partial charge in [-0.1, -0.05) is 23.4 Å². The number of phenolic OH excluding ortho intramolecular Hbond substituents is 1. The number of aromatic hydroxyl groups is 1. The Morgan fingerprint density at radius 1 is 1.09 bits per heavy atom. The van der Waals surface area contributed by atoms with Crippen molar-refractivity contribution >= 4 is 50.6 Å². The number of carbonyl (C=O) groups is 1. The number of aryl methyl sites for hydroxylation is 1. The third-order valence-corrected chi connectivity index (χ3v) is 12.4. The van der Waals surface area contributed by atoms with Gasteiger partial charge in [-0.05, 0) is 115 Å². The van der Waals surface area contributed by atoms with E-state index in [0.29, 0.717) is 38.8 Å². The summed E-state index contributed by atoms with van der Waals surface area (Å²) in [4.78, 5) is 30.1. The summed E-state index contributed by atoms with van der Waals surface area (Å²) in [6.45, 7) is 2.44. The molecule has 1 saturated carbocycles. The second-order valence-electron chi connectivity index (χ2n) is 13.6. The first-order valence-electron chi connectivity index (χ1n) is 17.5. The minimum atomic E-state index is -2.02.